The second-order valence-electron chi connectivity index (χ2n) is 8.29. The molecule has 3 aromatic rings. The van der Waals surface area contributed by atoms with Crippen molar-refractivity contribution in [2.45, 2.75) is 17.4 Å². The molecule has 1 aromatic carbocycles. The Balaban J connectivity index is 1.47. The third-order valence-corrected chi connectivity index (χ3v) is 6.87. The zero-order valence-electron chi connectivity index (χ0n) is 17.7. The Hall–Kier alpha value is -3.07. The summed E-state index contributed by atoms with van der Waals surface area (Å²) in [4.78, 5) is 31.5. The Kier molecular flexibility index (Phi) is 5.05. The normalized spacial score (nSPS) is 24.0. The van der Waals surface area contributed by atoms with E-state index in [1.807, 2.05) is 32.5 Å². The van der Waals surface area contributed by atoms with Gasteiger partial charge in [0.1, 0.15) is 0 Å². The number of carbonyl (C=O) groups excluding carboxylic acids is 1. The number of hydrogen-bond acceptors (Lipinski definition) is 6. The minimum Gasteiger partial charge on any atom is -0.363 e. The third kappa shape index (κ3) is 3.63. The number of nitrogens with zero attached hydrogens (tertiary/aromatic N) is 3. The Labute approximate surface area is 184 Å². The molecule has 4 N–H and O–H groups in total. The summed E-state index contributed by atoms with van der Waals surface area (Å²) in [5.41, 5.74) is 2.43. The van der Waals surface area contributed by atoms with Crippen LogP contribution in [0.4, 0.5) is 17.5 Å². The largest absolute Gasteiger partial charge is 0.363 e. The second kappa shape index (κ2) is 7.88. The Morgan fingerprint density at radius 2 is 2.10 bits per heavy atom. The lowest BCUT2D eigenvalue weighted by Crippen LogP contribution is -2.43. The van der Waals surface area contributed by atoms with E-state index in [1.54, 1.807) is 23.0 Å². The molecular weight excluding hydrogens is 410 g/mol. The number of fused-ring (bicyclic) bond motifs is 3. The van der Waals surface area contributed by atoms with Gasteiger partial charge in [-0.1, -0.05) is 23.2 Å². The molecule has 0 saturated heterocycles. The van der Waals surface area contributed by atoms with E-state index in [4.69, 9.17) is 4.98 Å². The summed E-state index contributed by atoms with van der Waals surface area (Å²) >= 11 is 1.69. The van der Waals surface area contributed by atoms with Crippen LogP contribution in [-0.4, -0.2) is 52.2 Å². The summed E-state index contributed by atoms with van der Waals surface area (Å²) in [7, 11) is 3.64. The SMILES string of the molecule is CSc1cccc(Nc2nc(NC3C4C=CC(C4)C3C(=O)N(C)C)c3[nH]c[nH+]c3n2)c1. The lowest BCUT2D eigenvalue weighted by molar-refractivity contribution is -0.347. The maximum Gasteiger partial charge on any atom is 0.307 e. The summed E-state index contributed by atoms with van der Waals surface area (Å²) < 4.78 is 0. The number of thioether (sulfide) groups is 1. The molecule has 8 nitrogen and oxygen atoms in total. The molecule has 4 atom stereocenters. The summed E-state index contributed by atoms with van der Waals surface area (Å²) in [6, 6.07) is 8.14. The molecule has 2 bridgehead atoms. The van der Waals surface area contributed by atoms with Crippen LogP contribution in [0, 0.1) is 17.8 Å². The van der Waals surface area contributed by atoms with Gasteiger partial charge in [0.2, 0.25) is 11.4 Å². The van der Waals surface area contributed by atoms with Crippen molar-refractivity contribution in [1.29, 1.82) is 0 Å². The molecule has 1 amide bonds. The molecule has 2 aliphatic carbocycles. The summed E-state index contributed by atoms with van der Waals surface area (Å²) in [6.45, 7) is 0. The number of allylic oxidation sites excluding steroid dienone is 1. The maximum atomic E-state index is 12.9. The van der Waals surface area contributed by atoms with E-state index in [1.165, 1.54) is 0 Å². The maximum absolute atomic E-state index is 12.9. The van der Waals surface area contributed by atoms with Gasteiger partial charge in [-0.3, -0.25) is 9.78 Å². The van der Waals surface area contributed by atoms with Gasteiger partial charge in [0.25, 0.3) is 0 Å². The number of rotatable bonds is 6. The summed E-state index contributed by atoms with van der Waals surface area (Å²) in [5, 5.41) is 6.90. The number of benzene rings is 1. The lowest BCUT2D eigenvalue weighted by atomic mass is 9.87. The standard InChI is InChI=1S/C22H25N7OS/c1-29(2)21(30)16-12-7-8-13(9-12)17(16)26-20-18-19(24-11-23-18)27-22(28-20)25-14-5-4-6-15(10-14)31-3/h4-8,10-13,16-17H,9H2,1-3H3,(H3,23,24,25,26,27,28)/p+1. The van der Waals surface area contributed by atoms with Crippen LogP contribution in [0.5, 0.6) is 0 Å². The molecule has 1 saturated carbocycles. The van der Waals surface area contributed by atoms with Crippen LogP contribution in [0.3, 0.4) is 0 Å². The van der Waals surface area contributed by atoms with Crippen molar-refractivity contribution in [2.24, 2.45) is 17.8 Å². The number of aromatic nitrogens is 4. The smallest absolute Gasteiger partial charge is 0.307 e. The zero-order valence-corrected chi connectivity index (χ0v) is 18.5. The third-order valence-electron chi connectivity index (χ3n) is 6.15. The summed E-state index contributed by atoms with van der Waals surface area (Å²) in [6.07, 6.45) is 9.21. The highest BCUT2D eigenvalue weighted by Gasteiger charge is 2.49. The molecule has 0 aliphatic heterocycles. The predicted molar refractivity (Wildman–Crippen MR) is 122 cm³/mol. The average Bonchev–Trinajstić information content (AvgIpc) is 3.49. The zero-order chi connectivity index (χ0) is 21.5. The van der Waals surface area contributed by atoms with Crippen molar-refractivity contribution in [3.05, 3.63) is 42.7 Å². The highest BCUT2D eigenvalue weighted by atomic mass is 32.2. The fraction of sp³-hybridized carbons (Fsp3) is 0.364. The molecule has 0 spiro atoms. The van der Waals surface area contributed by atoms with Crippen molar-refractivity contribution in [3.8, 4) is 0 Å². The first-order chi connectivity index (χ1) is 15.0. The average molecular weight is 437 g/mol. The van der Waals surface area contributed by atoms with E-state index in [9.17, 15) is 4.79 Å². The van der Waals surface area contributed by atoms with Gasteiger partial charge >= 0.3 is 11.6 Å². The fourth-order valence-corrected chi connectivity index (χ4v) is 5.14. The topological polar surface area (TPSA) is 100 Å². The Morgan fingerprint density at radius 3 is 2.90 bits per heavy atom. The Bertz CT molecular complexity index is 1160. The second-order valence-corrected chi connectivity index (χ2v) is 9.17. The van der Waals surface area contributed by atoms with E-state index in [0.29, 0.717) is 23.3 Å². The monoisotopic (exact) mass is 436 g/mol. The quantitative estimate of drug-likeness (QED) is 0.406. The van der Waals surface area contributed by atoms with Gasteiger partial charge in [-0.25, -0.2) is 4.98 Å². The van der Waals surface area contributed by atoms with Gasteiger partial charge in [-0.15, -0.1) is 11.8 Å². The van der Waals surface area contributed by atoms with Gasteiger partial charge in [0, 0.05) is 30.7 Å². The van der Waals surface area contributed by atoms with Gasteiger partial charge in [0.15, 0.2) is 12.1 Å². The first-order valence-corrected chi connectivity index (χ1v) is 11.6. The number of imidazole rings is 1. The minimum absolute atomic E-state index is 0.000954. The molecule has 160 valence electrons. The molecule has 31 heavy (non-hydrogen) atoms. The molecule has 9 heteroatoms. The molecule has 2 aliphatic rings. The van der Waals surface area contributed by atoms with Crippen LogP contribution in [0.25, 0.3) is 11.2 Å². The number of H-pyrrole nitrogens is 2. The van der Waals surface area contributed by atoms with E-state index in [2.05, 4.69) is 49.9 Å². The van der Waals surface area contributed by atoms with Gasteiger partial charge in [-0.05, 0) is 42.7 Å². The van der Waals surface area contributed by atoms with E-state index < -0.39 is 0 Å². The first-order valence-electron chi connectivity index (χ1n) is 10.4. The number of amides is 1. The van der Waals surface area contributed by atoms with Crippen molar-refractivity contribution < 1.29 is 9.78 Å². The molecule has 1 fully saturated rings. The van der Waals surface area contributed by atoms with Crippen molar-refractivity contribution in [1.82, 2.24) is 19.9 Å². The highest BCUT2D eigenvalue weighted by molar-refractivity contribution is 7.98. The molecule has 4 unspecified atom stereocenters. The number of carbonyl (C=O) groups is 1. The number of anilines is 3. The molecular formula is C22H26N7OS+. The number of nitrogens with one attached hydrogen (secondary N) is 4. The van der Waals surface area contributed by atoms with Gasteiger partial charge < -0.3 is 15.5 Å². The van der Waals surface area contributed by atoms with Crippen LogP contribution in [0.2, 0.25) is 0 Å². The van der Waals surface area contributed by atoms with Crippen LogP contribution < -0.4 is 15.6 Å². The highest BCUT2D eigenvalue weighted by Crippen LogP contribution is 2.45. The predicted octanol–water partition coefficient (Wildman–Crippen LogP) is 2.93. The van der Waals surface area contributed by atoms with Crippen molar-refractivity contribution in [2.75, 3.05) is 31.0 Å². The van der Waals surface area contributed by atoms with Gasteiger partial charge in [0.05, 0.1) is 5.92 Å². The van der Waals surface area contributed by atoms with Crippen LogP contribution in [-0.2, 0) is 4.79 Å². The van der Waals surface area contributed by atoms with Crippen molar-refractivity contribution >= 4 is 46.3 Å². The van der Waals surface area contributed by atoms with Gasteiger partial charge in [-0.2, -0.15) is 4.98 Å². The van der Waals surface area contributed by atoms with Crippen LogP contribution in [0.1, 0.15) is 6.42 Å². The molecule has 5 rings (SSSR count). The first kappa shape index (κ1) is 19.9. The molecule has 2 heterocycles. The number of aromatic amines is 2. The van der Waals surface area contributed by atoms with E-state index in [0.717, 1.165) is 22.5 Å². The molecule has 2 aromatic heterocycles. The minimum atomic E-state index is -0.0939. The Morgan fingerprint density at radius 1 is 1.26 bits per heavy atom. The lowest BCUT2D eigenvalue weighted by Gasteiger charge is -2.30. The summed E-state index contributed by atoms with van der Waals surface area (Å²) in [5.74, 6) is 1.85. The van der Waals surface area contributed by atoms with E-state index in [-0.39, 0.29) is 23.8 Å². The van der Waals surface area contributed by atoms with Crippen LogP contribution in [0.15, 0.2) is 47.6 Å². The van der Waals surface area contributed by atoms with Crippen molar-refractivity contribution in [3.63, 3.8) is 0 Å². The fourth-order valence-electron chi connectivity index (χ4n) is 4.68. The van der Waals surface area contributed by atoms with Crippen LogP contribution >= 0.6 is 11.8 Å². The van der Waals surface area contributed by atoms with E-state index >= 15 is 0 Å². The molecule has 0 radical (unpaired) electrons. The number of hydrogen-bond donors (Lipinski definition) is 3.